The quantitative estimate of drug-likeness (QED) is 0.831. The highest BCUT2D eigenvalue weighted by atomic mass is 16.5. The van der Waals surface area contributed by atoms with Crippen molar-refractivity contribution in [1.82, 2.24) is 14.8 Å². The molecule has 1 amide bonds. The van der Waals surface area contributed by atoms with Crippen molar-refractivity contribution >= 4 is 5.91 Å². The Morgan fingerprint density at radius 2 is 2.12 bits per heavy atom. The third kappa shape index (κ3) is 3.16. The van der Waals surface area contributed by atoms with E-state index < -0.39 is 0 Å². The summed E-state index contributed by atoms with van der Waals surface area (Å²) >= 11 is 0. The maximum atomic E-state index is 12.9. The average Bonchev–Trinajstić information content (AvgIpc) is 2.92. The molecule has 2 saturated heterocycles. The molecular weight excluding hydrogens is 326 g/mol. The minimum Gasteiger partial charge on any atom is -0.384 e. The SMILES string of the molecule is COCC1CN(C2CCC2)CC12CCN(C(=O)c1ncccc1C)CC2. The Labute approximate surface area is 156 Å². The van der Waals surface area contributed by atoms with Gasteiger partial charge in [-0.05, 0) is 49.7 Å². The van der Waals surface area contributed by atoms with Gasteiger partial charge in [-0.3, -0.25) is 14.7 Å². The maximum Gasteiger partial charge on any atom is 0.272 e. The van der Waals surface area contributed by atoms with Crippen LogP contribution in [0.5, 0.6) is 0 Å². The molecule has 0 N–H and O–H groups in total. The van der Waals surface area contributed by atoms with Gasteiger partial charge in [-0.25, -0.2) is 0 Å². The lowest BCUT2D eigenvalue weighted by Crippen LogP contribution is -2.48. The number of carbonyl (C=O) groups is 1. The summed E-state index contributed by atoms with van der Waals surface area (Å²) in [5.41, 5.74) is 1.90. The van der Waals surface area contributed by atoms with Gasteiger partial charge in [-0.2, -0.15) is 0 Å². The van der Waals surface area contributed by atoms with Gasteiger partial charge in [0.05, 0.1) is 6.61 Å². The summed E-state index contributed by atoms with van der Waals surface area (Å²) in [7, 11) is 1.82. The number of pyridine rings is 1. The minimum absolute atomic E-state index is 0.0927. The van der Waals surface area contributed by atoms with Crippen molar-refractivity contribution in [2.24, 2.45) is 11.3 Å². The van der Waals surface area contributed by atoms with Gasteiger partial charge in [0.15, 0.2) is 0 Å². The van der Waals surface area contributed by atoms with Crippen molar-refractivity contribution in [3.8, 4) is 0 Å². The lowest BCUT2D eigenvalue weighted by atomic mass is 9.71. The van der Waals surface area contributed by atoms with Gasteiger partial charge in [0.1, 0.15) is 5.69 Å². The first-order chi connectivity index (χ1) is 12.6. The normalized spacial score (nSPS) is 26.2. The van der Waals surface area contributed by atoms with Crippen molar-refractivity contribution in [3.63, 3.8) is 0 Å². The Morgan fingerprint density at radius 3 is 2.73 bits per heavy atom. The number of hydrogen-bond donors (Lipinski definition) is 0. The van der Waals surface area contributed by atoms with Gasteiger partial charge < -0.3 is 9.64 Å². The van der Waals surface area contributed by atoms with E-state index in [1.165, 1.54) is 32.4 Å². The van der Waals surface area contributed by atoms with Gasteiger partial charge in [0.2, 0.25) is 0 Å². The second kappa shape index (κ2) is 7.28. The molecule has 1 saturated carbocycles. The smallest absolute Gasteiger partial charge is 0.272 e. The lowest BCUT2D eigenvalue weighted by Gasteiger charge is -2.43. The van der Waals surface area contributed by atoms with Gasteiger partial charge in [0.25, 0.3) is 5.91 Å². The van der Waals surface area contributed by atoms with Crippen LogP contribution in [0.3, 0.4) is 0 Å². The molecule has 1 spiro atoms. The maximum absolute atomic E-state index is 12.9. The van der Waals surface area contributed by atoms with Crippen LogP contribution in [0.1, 0.15) is 48.2 Å². The summed E-state index contributed by atoms with van der Waals surface area (Å²) in [6.07, 6.45) is 7.99. The van der Waals surface area contributed by atoms with Crippen LogP contribution in [0.15, 0.2) is 18.3 Å². The largest absolute Gasteiger partial charge is 0.384 e. The number of likely N-dealkylation sites (tertiary alicyclic amines) is 2. The predicted molar refractivity (Wildman–Crippen MR) is 101 cm³/mol. The van der Waals surface area contributed by atoms with Crippen LogP contribution in [-0.2, 0) is 4.74 Å². The zero-order valence-electron chi connectivity index (χ0n) is 16.1. The van der Waals surface area contributed by atoms with Crippen LogP contribution in [0.4, 0.5) is 0 Å². The molecular formula is C21H31N3O2. The Bertz CT molecular complexity index is 650. The predicted octanol–water partition coefficient (Wildman–Crippen LogP) is 2.74. The molecule has 0 radical (unpaired) electrons. The van der Waals surface area contributed by atoms with Crippen LogP contribution in [0.2, 0.25) is 0 Å². The van der Waals surface area contributed by atoms with Crippen molar-refractivity contribution in [2.45, 2.75) is 45.1 Å². The summed E-state index contributed by atoms with van der Waals surface area (Å²) in [5, 5.41) is 0. The number of amides is 1. The molecule has 26 heavy (non-hydrogen) atoms. The molecule has 1 aromatic rings. The molecule has 3 heterocycles. The average molecular weight is 357 g/mol. The van der Waals surface area contributed by atoms with E-state index in [1.54, 1.807) is 6.20 Å². The van der Waals surface area contributed by atoms with Crippen LogP contribution in [0, 0.1) is 18.3 Å². The zero-order valence-corrected chi connectivity index (χ0v) is 16.1. The Kier molecular flexibility index (Phi) is 5.02. The van der Waals surface area contributed by atoms with E-state index in [1.807, 2.05) is 31.1 Å². The number of aromatic nitrogens is 1. The first kappa shape index (κ1) is 17.9. The van der Waals surface area contributed by atoms with E-state index in [0.717, 1.165) is 44.1 Å². The number of ether oxygens (including phenoxy) is 1. The highest BCUT2D eigenvalue weighted by Gasteiger charge is 2.50. The second-order valence-corrected chi connectivity index (χ2v) is 8.49. The third-order valence-electron chi connectivity index (χ3n) is 7.06. The molecule has 5 heteroatoms. The molecule has 1 unspecified atom stereocenters. The lowest BCUT2D eigenvalue weighted by molar-refractivity contribution is 0.0309. The van der Waals surface area contributed by atoms with E-state index in [2.05, 4.69) is 9.88 Å². The Hall–Kier alpha value is -1.46. The highest BCUT2D eigenvalue weighted by Crippen LogP contribution is 2.47. The van der Waals surface area contributed by atoms with Crippen molar-refractivity contribution in [3.05, 3.63) is 29.6 Å². The number of piperidine rings is 1. The van der Waals surface area contributed by atoms with Gasteiger partial charge in [-0.15, -0.1) is 0 Å². The third-order valence-corrected chi connectivity index (χ3v) is 7.06. The monoisotopic (exact) mass is 357 g/mol. The molecule has 2 aliphatic heterocycles. The fourth-order valence-corrected chi connectivity index (χ4v) is 5.12. The zero-order chi connectivity index (χ0) is 18.1. The Balaban J connectivity index is 1.44. The first-order valence-electron chi connectivity index (χ1n) is 10.1. The van der Waals surface area contributed by atoms with Crippen LogP contribution in [-0.4, -0.2) is 66.6 Å². The summed E-state index contributed by atoms with van der Waals surface area (Å²) < 4.78 is 5.58. The minimum atomic E-state index is 0.0927. The summed E-state index contributed by atoms with van der Waals surface area (Å²) in [6.45, 7) is 6.85. The molecule has 3 aliphatic rings. The van der Waals surface area contributed by atoms with E-state index in [0.29, 0.717) is 17.0 Å². The highest BCUT2D eigenvalue weighted by molar-refractivity contribution is 5.93. The first-order valence-corrected chi connectivity index (χ1v) is 10.1. The van der Waals surface area contributed by atoms with Crippen molar-refractivity contribution in [2.75, 3.05) is 39.9 Å². The molecule has 0 bridgehead atoms. The van der Waals surface area contributed by atoms with E-state index in [-0.39, 0.29) is 5.91 Å². The molecule has 1 aromatic heterocycles. The number of hydrogen-bond acceptors (Lipinski definition) is 4. The van der Waals surface area contributed by atoms with Crippen LogP contribution < -0.4 is 0 Å². The molecule has 3 fully saturated rings. The topological polar surface area (TPSA) is 45.7 Å². The number of aryl methyl sites for hydroxylation is 1. The van der Waals surface area contributed by atoms with E-state index in [9.17, 15) is 4.79 Å². The number of carbonyl (C=O) groups excluding carboxylic acids is 1. The van der Waals surface area contributed by atoms with Gasteiger partial charge in [-0.1, -0.05) is 12.5 Å². The number of methoxy groups -OCH3 is 1. The number of nitrogens with zero attached hydrogens (tertiary/aromatic N) is 3. The fourth-order valence-electron chi connectivity index (χ4n) is 5.12. The summed E-state index contributed by atoms with van der Waals surface area (Å²) in [5.74, 6) is 0.692. The van der Waals surface area contributed by atoms with Crippen molar-refractivity contribution in [1.29, 1.82) is 0 Å². The second-order valence-electron chi connectivity index (χ2n) is 8.49. The molecule has 142 valence electrons. The van der Waals surface area contributed by atoms with E-state index in [4.69, 9.17) is 4.74 Å². The van der Waals surface area contributed by atoms with E-state index >= 15 is 0 Å². The number of rotatable bonds is 4. The van der Waals surface area contributed by atoms with Crippen LogP contribution >= 0.6 is 0 Å². The van der Waals surface area contributed by atoms with Crippen molar-refractivity contribution < 1.29 is 9.53 Å². The fraction of sp³-hybridized carbons (Fsp3) is 0.714. The summed E-state index contributed by atoms with van der Waals surface area (Å²) in [4.78, 5) is 21.9. The molecule has 1 atom stereocenters. The molecule has 1 aliphatic carbocycles. The van der Waals surface area contributed by atoms with Gasteiger partial charge >= 0.3 is 0 Å². The molecule has 4 rings (SSSR count). The summed E-state index contributed by atoms with van der Waals surface area (Å²) in [6, 6.07) is 4.65. The molecule has 0 aromatic carbocycles. The van der Waals surface area contributed by atoms with Gasteiger partial charge in [0, 0.05) is 51.4 Å². The van der Waals surface area contributed by atoms with Crippen LogP contribution in [0.25, 0.3) is 0 Å². The standard InChI is InChI=1S/C21H31N3O2/c1-16-5-4-10-22-19(16)20(25)23-11-8-21(9-12-23)15-24(18-6-3-7-18)13-17(21)14-26-2/h4-5,10,17-18H,3,6-9,11-15H2,1-2H3. The Morgan fingerprint density at radius 1 is 1.35 bits per heavy atom. The molecule has 5 nitrogen and oxygen atoms in total.